The van der Waals surface area contributed by atoms with Crippen molar-refractivity contribution in [2.45, 2.75) is 49.9 Å². The van der Waals surface area contributed by atoms with Gasteiger partial charge < -0.3 is 25.4 Å². The molecule has 8 nitrogen and oxygen atoms in total. The molecule has 244 valence electrons. The zero-order valence-corrected chi connectivity index (χ0v) is 26.2. The van der Waals surface area contributed by atoms with E-state index in [2.05, 4.69) is 16.0 Å². The number of fused-ring (bicyclic) bond motifs is 2. The largest absolute Gasteiger partial charge is 0.495 e. The number of amides is 2. The zero-order chi connectivity index (χ0) is 33.6. The predicted molar refractivity (Wildman–Crippen MR) is 164 cm³/mol. The Bertz CT molecular complexity index is 1700. The lowest BCUT2D eigenvalue weighted by atomic mass is 9.63. The minimum Gasteiger partial charge on any atom is -0.495 e. The molecule has 5 atom stereocenters. The highest BCUT2D eigenvalue weighted by Crippen LogP contribution is 2.57. The molecule has 1 fully saturated rings. The number of esters is 1. The fourth-order valence-corrected chi connectivity index (χ4v) is 6.76. The average molecular weight is 682 g/mol. The fourth-order valence-electron chi connectivity index (χ4n) is 6.41. The lowest BCUT2D eigenvalue weighted by molar-refractivity contribution is -0.173. The van der Waals surface area contributed by atoms with Crippen LogP contribution in [0.15, 0.2) is 54.6 Å². The van der Waals surface area contributed by atoms with Crippen molar-refractivity contribution in [2.24, 2.45) is 5.92 Å². The molecule has 2 aliphatic rings. The van der Waals surface area contributed by atoms with E-state index in [4.69, 9.17) is 32.7 Å². The Morgan fingerprint density at radius 2 is 1.85 bits per heavy atom. The van der Waals surface area contributed by atoms with Crippen LogP contribution < -0.4 is 20.7 Å². The van der Waals surface area contributed by atoms with Gasteiger partial charge in [0.05, 0.1) is 41.9 Å². The Hall–Kier alpha value is -3.87. The van der Waals surface area contributed by atoms with Crippen molar-refractivity contribution in [1.82, 2.24) is 5.32 Å². The third-order valence-electron chi connectivity index (χ3n) is 8.52. The zero-order valence-electron chi connectivity index (χ0n) is 24.7. The van der Waals surface area contributed by atoms with Gasteiger partial charge in [-0.05, 0) is 60.9 Å². The Kier molecular flexibility index (Phi) is 9.27. The number of benzene rings is 3. The van der Waals surface area contributed by atoms with Gasteiger partial charge >= 0.3 is 12.1 Å². The van der Waals surface area contributed by atoms with E-state index in [0.717, 1.165) is 6.92 Å². The number of halogens is 6. The van der Waals surface area contributed by atoms with Crippen molar-refractivity contribution in [1.29, 1.82) is 0 Å². The minimum atomic E-state index is -4.63. The van der Waals surface area contributed by atoms with E-state index in [1.165, 1.54) is 61.7 Å². The number of ether oxygens (including phenoxy) is 2. The number of carbonyl (C=O) groups excluding carboxylic acids is 3. The molecule has 2 aliphatic heterocycles. The van der Waals surface area contributed by atoms with Gasteiger partial charge in [0.2, 0.25) is 11.8 Å². The lowest BCUT2D eigenvalue weighted by Gasteiger charge is -2.36. The molecule has 3 aromatic carbocycles. The molecule has 0 saturated carbocycles. The lowest BCUT2D eigenvalue weighted by Crippen LogP contribution is -2.49. The number of hydrogen-bond acceptors (Lipinski definition) is 6. The second-order valence-corrected chi connectivity index (χ2v) is 12.0. The maximum Gasteiger partial charge on any atom is 0.391 e. The first-order valence-corrected chi connectivity index (χ1v) is 15.0. The van der Waals surface area contributed by atoms with Crippen LogP contribution in [-0.2, 0) is 19.7 Å². The normalized spacial score (nSPS) is 22.7. The second kappa shape index (κ2) is 12.7. The van der Waals surface area contributed by atoms with Crippen LogP contribution >= 0.6 is 23.2 Å². The molecule has 1 spiro atoms. The Balaban J connectivity index is 1.67. The van der Waals surface area contributed by atoms with E-state index in [-0.39, 0.29) is 50.5 Å². The monoisotopic (exact) mass is 681 g/mol. The number of nitrogens with one attached hydrogen (secondary N) is 3. The number of anilines is 2. The first-order valence-electron chi connectivity index (χ1n) is 14.3. The van der Waals surface area contributed by atoms with Gasteiger partial charge in [0.25, 0.3) is 0 Å². The highest BCUT2D eigenvalue weighted by atomic mass is 35.5. The molecule has 1 saturated heterocycles. The van der Waals surface area contributed by atoms with E-state index < -0.39 is 65.5 Å². The number of rotatable bonds is 8. The maximum atomic E-state index is 15.9. The summed E-state index contributed by atoms with van der Waals surface area (Å²) in [5, 5.41) is 8.32. The summed E-state index contributed by atoms with van der Waals surface area (Å²) in [4.78, 5) is 40.6. The standard InChI is InChI=1S/C32H29Cl2F4N3O5/c1-4-46-29(43)16-8-11-21(23(13-16)45-3)39-28(42)27-25(18-6-5-7-20(34)26(18)35)31(24(41-27)12-15(2)32(36,37)38)19-10-9-17(33)14-22(19)40-30(31)44/h5-11,13-15,24-25,27,41H,4,12H2,1-3H3,(H,39,42)(H,40,44)/t15-,24+,25?,27-,31-/m1/s1. The van der Waals surface area contributed by atoms with Gasteiger partial charge in [-0.2, -0.15) is 13.2 Å². The van der Waals surface area contributed by atoms with Crippen molar-refractivity contribution in [2.75, 3.05) is 24.4 Å². The van der Waals surface area contributed by atoms with Crippen molar-refractivity contribution in [3.63, 3.8) is 0 Å². The summed E-state index contributed by atoms with van der Waals surface area (Å²) in [7, 11) is 1.31. The Morgan fingerprint density at radius 3 is 2.52 bits per heavy atom. The quantitative estimate of drug-likeness (QED) is 0.177. The van der Waals surface area contributed by atoms with Crippen LogP contribution in [0.1, 0.15) is 47.7 Å². The van der Waals surface area contributed by atoms with E-state index in [9.17, 15) is 27.6 Å². The van der Waals surface area contributed by atoms with Crippen LogP contribution in [0.4, 0.5) is 28.9 Å². The smallest absolute Gasteiger partial charge is 0.391 e. The van der Waals surface area contributed by atoms with Gasteiger partial charge in [0, 0.05) is 22.7 Å². The summed E-state index contributed by atoms with van der Waals surface area (Å²) in [6.07, 6.45) is -5.26. The highest BCUT2D eigenvalue weighted by Gasteiger charge is 2.66. The predicted octanol–water partition coefficient (Wildman–Crippen LogP) is 6.86. The van der Waals surface area contributed by atoms with Gasteiger partial charge in [0.1, 0.15) is 17.0 Å². The molecule has 0 bridgehead atoms. The van der Waals surface area contributed by atoms with Gasteiger partial charge in [0.15, 0.2) is 0 Å². The first kappa shape index (κ1) is 33.5. The molecule has 3 N–H and O–H groups in total. The number of carbonyl (C=O) groups is 3. The van der Waals surface area contributed by atoms with Gasteiger partial charge in [-0.1, -0.05) is 48.3 Å². The Morgan fingerprint density at radius 1 is 1.11 bits per heavy atom. The number of methoxy groups -OCH3 is 1. The van der Waals surface area contributed by atoms with Crippen LogP contribution in [0.3, 0.4) is 0 Å². The fraction of sp³-hybridized carbons (Fsp3) is 0.344. The summed E-state index contributed by atoms with van der Waals surface area (Å²) in [6.45, 7) is 2.75. The van der Waals surface area contributed by atoms with Crippen LogP contribution in [0.25, 0.3) is 0 Å². The van der Waals surface area contributed by atoms with Crippen molar-refractivity contribution in [3.05, 3.63) is 87.2 Å². The van der Waals surface area contributed by atoms with Crippen molar-refractivity contribution < 1.29 is 41.4 Å². The molecular formula is C32H29Cl2F4N3O5. The topological polar surface area (TPSA) is 106 Å². The number of hydrogen-bond donors (Lipinski definition) is 3. The SMILES string of the molecule is CCOC(=O)c1ccc(NC(=O)[C@@H]2N[C@@H](C[C@@H](C)C(F)(F)F)[C@@]3(C(=O)Nc4cc(Cl)ccc43)C2c2cccc(Cl)c2F)c(OC)c1. The van der Waals surface area contributed by atoms with Gasteiger partial charge in [-0.15, -0.1) is 0 Å². The molecule has 2 amide bonds. The van der Waals surface area contributed by atoms with E-state index in [1.807, 2.05) is 0 Å². The van der Waals surface area contributed by atoms with Crippen LogP contribution in [0.5, 0.6) is 5.75 Å². The minimum absolute atomic E-state index is 0.0814. The molecule has 2 heterocycles. The van der Waals surface area contributed by atoms with Crippen molar-refractivity contribution >= 4 is 52.4 Å². The van der Waals surface area contributed by atoms with Crippen LogP contribution in [0.2, 0.25) is 10.0 Å². The van der Waals surface area contributed by atoms with Gasteiger partial charge in [-0.3, -0.25) is 9.59 Å². The average Bonchev–Trinajstić information content (AvgIpc) is 3.48. The summed E-state index contributed by atoms with van der Waals surface area (Å²) < 4.78 is 68.2. The molecule has 0 aromatic heterocycles. The van der Waals surface area contributed by atoms with Crippen LogP contribution in [-0.4, -0.2) is 49.8 Å². The number of alkyl halides is 3. The summed E-state index contributed by atoms with van der Waals surface area (Å²) in [6, 6.07) is 9.86. The summed E-state index contributed by atoms with van der Waals surface area (Å²) in [5.74, 6) is -6.29. The van der Waals surface area contributed by atoms with E-state index >= 15 is 4.39 Å². The van der Waals surface area contributed by atoms with Crippen LogP contribution in [0, 0.1) is 11.7 Å². The highest BCUT2D eigenvalue weighted by molar-refractivity contribution is 6.31. The molecule has 46 heavy (non-hydrogen) atoms. The molecule has 5 rings (SSSR count). The molecule has 3 aromatic rings. The van der Waals surface area contributed by atoms with Gasteiger partial charge in [-0.25, -0.2) is 9.18 Å². The molecule has 0 radical (unpaired) electrons. The maximum absolute atomic E-state index is 15.9. The van der Waals surface area contributed by atoms with Crippen molar-refractivity contribution in [3.8, 4) is 5.75 Å². The third kappa shape index (κ3) is 5.78. The molecular weight excluding hydrogens is 653 g/mol. The van der Waals surface area contributed by atoms with E-state index in [0.29, 0.717) is 0 Å². The summed E-state index contributed by atoms with van der Waals surface area (Å²) >= 11 is 12.4. The second-order valence-electron chi connectivity index (χ2n) is 11.1. The Labute approximate surface area is 271 Å². The third-order valence-corrected chi connectivity index (χ3v) is 9.05. The van der Waals surface area contributed by atoms with E-state index in [1.54, 1.807) is 6.92 Å². The molecule has 0 aliphatic carbocycles. The molecule has 1 unspecified atom stereocenters. The summed E-state index contributed by atoms with van der Waals surface area (Å²) in [5.41, 5.74) is -1.31. The molecule has 14 heteroatoms. The first-order chi connectivity index (χ1) is 21.7.